The van der Waals surface area contributed by atoms with Gasteiger partial charge in [-0.05, 0) is 43.4 Å². The van der Waals surface area contributed by atoms with Gasteiger partial charge in [-0.25, -0.2) is 17.5 Å². The number of aliphatic hydroxyl groups is 1. The van der Waals surface area contributed by atoms with Crippen LogP contribution in [0.4, 0.5) is 4.39 Å². The van der Waals surface area contributed by atoms with Crippen LogP contribution in [0.25, 0.3) is 0 Å². The Hall–Kier alpha value is -0.980. The van der Waals surface area contributed by atoms with Crippen LogP contribution in [0.2, 0.25) is 0 Å². The Labute approximate surface area is 112 Å². The van der Waals surface area contributed by atoms with Gasteiger partial charge in [-0.3, -0.25) is 0 Å². The molecule has 0 bridgehead atoms. The van der Waals surface area contributed by atoms with Crippen LogP contribution >= 0.6 is 0 Å². The van der Waals surface area contributed by atoms with Crippen molar-refractivity contribution >= 4 is 10.0 Å². The van der Waals surface area contributed by atoms with Gasteiger partial charge in [-0.2, -0.15) is 0 Å². The average Bonchev–Trinajstić information content (AvgIpc) is 2.72. The summed E-state index contributed by atoms with van der Waals surface area (Å²) in [4.78, 5) is -0.342. The minimum absolute atomic E-state index is 0.0803. The molecule has 1 aromatic rings. The summed E-state index contributed by atoms with van der Waals surface area (Å²) in [6, 6.07) is 4.01. The van der Waals surface area contributed by atoms with E-state index < -0.39 is 21.9 Å². The summed E-state index contributed by atoms with van der Waals surface area (Å²) < 4.78 is 40.0. The number of rotatable bonds is 4. The van der Waals surface area contributed by atoms with E-state index in [4.69, 9.17) is 0 Å². The number of aliphatic hydroxyl groups excluding tert-OH is 1. The molecule has 0 radical (unpaired) electrons. The third-order valence-corrected chi connectivity index (χ3v) is 4.99. The number of nitrogens with one attached hydrogen (secondary N) is 1. The van der Waals surface area contributed by atoms with Crippen molar-refractivity contribution in [1.29, 1.82) is 0 Å². The normalized spacial score (nSPS) is 23.7. The largest absolute Gasteiger partial charge is 0.393 e. The van der Waals surface area contributed by atoms with Crippen LogP contribution < -0.4 is 4.72 Å². The molecule has 2 atom stereocenters. The van der Waals surface area contributed by atoms with Gasteiger partial charge in [-0.15, -0.1) is 0 Å². The molecule has 19 heavy (non-hydrogen) atoms. The molecule has 1 aliphatic rings. The summed E-state index contributed by atoms with van der Waals surface area (Å²) in [5.74, 6) is -0.831. The van der Waals surface area contributed by atoms with E-state index in [-0.39, 0.29) is 17.4 Å². The molecule has 1 saturated carbocycles. The molecule has 2 rings (SSSR count). The van der Waals surface area contributed by atoms with Crippen molar-refractivity contribution in [3.8, 4) is 0 Å². The summed E-state index contributed by atoms with van der Waals surface area (Å²) in [6.07, 6.45) is 1.92. The van der Waals surface area contributed by atoms with Gasteiger partial charge in [0.15, 0.2) is 0 Å². The first kappa shape index (κ1) is 14.4. The maximum Gasteiger partial charge on any atom is 0.243 e. The smallest absolute Gasteiger partial charge is 0.243 e. The summed E-state index contributed by atoms with van der Waals surface area (Å²) in [7, 11) is -3.85. The molecule has 0 aromatic heterocycles. The van der Waals surface area contributed by atoms with Crippen molar-refractivity contribution in [2.75, 3.05) is 6.54 Å². The Morgan fingerprint density at radius 3 is 2.74 bits per heavy atom. The lowest BCUT2D eigenvalue weighted by atomic mass is 10.1. The van der Waals surface area contributed by atoms with Gasteiger partial charge in [0.05, 0.1) is 6.10 Å². The van der Waals surface area contributed by atoms with Gasteiger partial charge < -0.3 is 5.11 Å². The van der Waals surface area contributed by atoms with Gasteiger partial charge in [-0.1, -0.05) is 12.5 Å². The molecule has 4 nitrogen and oxygen atoms in total. The van der Waals surface area contributed by atoms with E-state index in [1.165, 1.54) is 12.1 Å². The molecule has 0 spiro atoms. The van der Waals surface area contributed by atoms with Gasteiger partial charge in [0, 0.05) is 6.54 Å². The Morgan fingerprint density at radius 2 is 2.16 bits per heavy atom. The Bertz CT molecular complexity index is 559. The molecule has 1 aromatic carbocycles. The third kappa shape index (κ3) is 3.32. The zero-order chi connectivity index (χ0) is 14.0. The molecule has 0 aliphatic heterocycles. The maximum atomic E-state index is 13.7. The fourth-order valence-electron chi connectivity index (χ4n) is 2.37. The topological polar surface area (TPSA) is 66.4 Å². The van der Waals surface area contributed by atoms with Crippen molar-refractivity contribution < 1.29 is 17.9 Å². The van der Waals surface area contributed by atoms with Gasteiger partial charge >= 0.3 is 0 Å². The second-order valence-electron chi connectivity index (χ2n) is 5.04. The van der Waals surface area contributed by atoms with Crippen LogP contribution in [0, 0.1) is 18.7 Å². The monoisotopic (exact) mass is 287 g/mol. The zero-order valence-corrected chi connectivity index (χ0v) is 11.6. The number of sulfonamides is 1. The van der Waals surface area contributed by atoms with E-state index in [1.54, 1.807) is 13.0 Å². The second-order valence-corrected chi connectivity index (χ2v) is 6.78. The predicted molar refractivity (Wildman–Crippen MR) is 69.7 cm³/mol. The zero-order valence-electron chi connectivity index (χ0n) is 10.8. The second kappa shape index (κ2) is 5.56. The van der Waals surface area contributed by atoms with Crippen molar-refractivity contribution in [3.05, 3.63) is 29.6 Å². The number of hydrogen-bond donors (Lipinski definition) is 2. The highest BCUT2D eigenvalue weighted by Gasteiger charge is 2.27. The molecule has 0 unspecified atom stereocenters. The molecule has 0 heterocycles. The molecular formula is C13H18FNO3S. The number of hydrogen-bond acceptors (Lipinski definition) is 3. The number of benzene rings is 1. The fraction of sp³-hybridized carbons (Fsp3) is 0.538. The minimum atomic E-state index is -3.85. The molecule has 1 fully saturated rings. The highest BCUT2D eigenvalue weighted by molar-refractivity contribution is 7.89. The summed E-state index contributed by atoms with van der Waals surface area (Å²) in [5, 5.41) is 9.64. The van der Waals surface area contributed by atoms with E-state index >= 15 is 0 Å². The minimum Gasteiger partial charge on any atom is -0.393 e. The van der Waals surface area contributed by atoms with Crippen molar-refractivity contribution in [2.24, 2.45) is 5.92 Å². The van der Waals surface area contributed by atoms with Crippen molar-refractivity contribution in [3.63, 3.8) is 0 Å². The van der Waals surface area contributed by atoms with Crippen LogP contribution in [-0.2, 0) is 10.0 Å². The average molecular weight is 287 g/mol. The van der Waals surface area contributed by atoms with Crippen molar-refractivity contribution in [1.82, 2.24) is 4.72 Å². The number of halogens is 1. The fourth-order valence-corrected chi connectivity index (χ4v) is 3.53. The highest BCUT2D eigenvalue weighted by atomic mass is 32.2. The SMILES string of the molecule is Cc1ccc(S(=O)(=O)NC[C@H]2CCC[C@H]2O)c(F)c1. The first-order valence-corrected chi connectivity index (χ1v) is 7.82. The summed E-state index contributed by atoms with van der Waals surface area (Å²) in [6.45, 7) is 1.85. The first-order valence-electron chi connectivity index (χ1n) is 6.34. The van der Waals surface area contributed by atoms with Gasteiger partial charge in [0.1, 0.15) is 10.7 Å². The van der Waals surface area contributed by atoms with E-state index in [0.717, 1.165) is 12.8 Å². The molecule has 2 N–H and O–H groups in total. The first-order chi connectivity index (χ1) is 8.90. The van der Waals surface area contributed by atoms with E-state index in [1.807, 2.05) is 0 Å². The van der Waals surface area contributed by atoms with Crippen LogP contribution in [0.5, 0.6) is 0 Å². The van der Waals surface area contributed by atoms with Gasteiger partial charge in [0.2, 0.25) is 10.0 Å². The molecule has 6 heteroatoms. The molecule has 106 valence electrons. The Balaban J connectivity index is 2.09. The lowest BCUT2D eigenvalue weighted by Crippen LogP contribution is -2.32. The molecule has 0 saturated heterocycles. The lowest BCUT2D eigenvalue weighted by molar-refractivity contribution is 0.134. The van der Waals surface area contributed by atoms with Crippen LogP contribution in [0.15, 0.2) is 23.1 Å². The lowest BCUT2D eigenvalue weighted by Gasteiger charge is -2.15. The third-order valence-electron chi connectivity index (χ3n) is 3.53. The summed E-state index contributed by atoms with van der Waals surface area (Å²) >= 11 is 0. The van der Waals surface area contributed by atoms with E-state index in [0.29, 0.717) is 12.0 Å². The molecule has 1 aliphatic carbocycles. The summed E-state index contributed by atoms with van der Waals surface area (Å²) in [5.41, 5.74) is 0.669. The quantitative estimate of drug-likeness (QED) is 0.883. The van der Waals surface area contributed by atoms with Crippen LogP contribution in [0.1, 0.15) is 24.8 Å². The Morgan fingerprint density at radius 1 is 1.42 bits per heavy atom. The standard InChI is InChI=1S/C13H18FNO3S/c1-9-5-6-13(11(14)7-9)19(17,18)15-8-10-3-2-4-12(10)16/h5-7,10,12,15-16H,2-4,8H2,1H3/t10-,12-/m1/s1. The maximum absolute atomic E-state index is 13.7. The van der Waals surface area contributed by atoms with E-state index in [2.05, 4.69) is 4.72 Å². The number of aryl methyl sites for hydroxylation is 1. The highest BCUT2D eigenvalue weighted by Crippen LogP contribution is 2.25. The Kier molecular flexibility index (Phi) is 4.23. The molecule has 0 amide bonds. The predicted octanol–water partition coefficient (Wildman–Crippen LogP) is 1.57. The van der Waals surface area contributed by atoms with Crippen LogP contribution in [-0.4, -0.2) is 26.2 Å². The molecular weight excluding hydrogens is 269 g/mol. The van der Waals surface area contributed by atoms with Crippen molar-refractivity contribution in [2.45, 2.75) is 37.2 Å². The van der Waals surface area contributed by atoms with Gasteiger partial charge in [0.25, 0.3) is 0 Å². The van der Waals surface area contributed by atoms with Crippen LogP contribution in [0.3, 0.4) is 0 Å². The van der Waals surface area contributed by atoms with E-state index in [9.17, 15) is 17.9 Å².